The minimum Gasteiger partial charge on any atom is -0.451 e. The van der Waals surface area contributed by atoms with E-state index in [1.165, 1.54) is 11.3 Å². The van der Waals surface area contributed by atoms with Gasteiger partial charge in [-0.2, -0.15) is 4.98 Å². The van der Waals surface area contributed by atoms with Crippen LogP contribution in [0.15, 0.2) is 40.2 Å². The van der Waals surface area contributed by atoms with Crippen LogP contribution in [0.25, 0.3) is 21.6 Å². The maximum absolute atomic E-state index is 12.3. The Hall–Kier alpha value is -2.93. The zero-order chi connectivity index (χ0) is 17.4. The number of carbonyl (C=O) groups excluding carboxylic acids is 1. The Morgan fingerprint density at radius 3 is 3.00 bits per heavy atom. The number of nitrogens with one attached hydrogen (secondary N) is 1. The number of fused-ring (bicyclic) bond motifs is 1. The predicted octanol–water partition coefficient (Wildman–Crippen LogP) is 4.25. The number of aromatic nitrogens is 3. The second kappa shape index (κ2) is 6.18. The first-order valence-corrected chi connectivity index (χ1v) is 8.61. The van der Waals surface area contributed by atoms with E-state index in [-0.39, 0.29) is 12.5 Å². The molecule has 0 aliphatic carbocycles. The molecule has 126 valence electrons. The van der Waals surface area contributed by atoms with Crippen LogP contribution in [-0.4, -0.2) is 21.1 Å². The van der Waals surface area contributed by atoms with Crippen molar-refractivity contribution in [2.24, 2.45) is 0 Å². The van der Waals surface area contributed by atoms with E-state index in [4.69, 9.17) is 9.26 Å². The largest absolute Gasteiger partial charge is 0.451 e. The topological polar surface area (TPSA) is 81.0 Å². The summed E-state index contributed by atoms with van der Waals surface area (Å²) in [6, 6.07) is 9.70. The lowest BCUT2D eigenvalue weighted by Gasteiger charge is -1.98. The van der Waals surface area contributed by atoms with Crippen molar-refractivity contribution in [2.45, 2.75) is 20.5 Å². The molecule has 1 aromatic carbocycles. The zero-order valence-electron chi connectivity index (χ0n) is 13.7. The molecule has 0 aliphatic heterocycles. The maximum Gasteiger partial charge on any atom is 0.355 e. The van der Waals surface area contributed by atoms with Gasteiger partial charge in [0.1, 0.15) is 5.69 Å². The molecule has 6 nitrogen and oxygen atoms in total. The van der Waals surface area contributed by atoms with E-state index in [0.29, 0.717) is 11.5 Å². The van der Waals surface area contributed by atoms with Gasteiger partial charge in [-0.05, 0) is 48.6 Å². The fourth-order valence-electron chi connectivity index (χ4n) is 2.73. The highest BCUT2D eigenvalue weighted by molar-refractivity contribution is 7.13. The monoisotopic (exact) mass is 353 g/mol. The number of aryl methyl sites for hydroxylation is 2. The summed E-state index contributed by atoms with van der Waals surface area (Å²) >= 11 is 1.52. The summed E-state index contributed by atoms with van der Waals surface area (Å²) in [4.78, 5) is 20.5. The number of hydrogen-bond acceptors (Lipinski definition) is 6. The second-order valence-corrected chi connectivity index (χ2v) is 6.74. The van der Waals surface area contributed by atoms with Crippen LogP contribution in [0.2, 0.25) is 0 Å². The van der Waals surface area contributed by atoms with Gasteiger partial charge in [0.15, 0.2) is 6.61 Å². The van der Waals surface area contributed by atoms with Crippen LogP contribution in [0.1, 0.15) is 27.5 Å². The van der Waals surface area contributed by atoms with Crippen LogP contribution >= 0.6 is 11.3 Å². The van der Waals surface area contributed by atoms with Crippen molar-refractivity contribution in [1.29, 1.82) is 0 Å². The second-order valence-electron chi connectivity index (χ2n) is 5.79. The summed E-state index contributed by atoms with van der Waals surface area (Å²) in [6.07, 6.45) is 0. The van der Waals surface area contributed by atoms with Crippen LogP contribution in [-0.2, 0) is 11.3 Å². The third kappa shape index (κ3) is 3.06. The van der Waals surface area contributed by atoms with E-state index in [9.17, 15) is 4.79 Å². The van der Waals surface area contributed by atoms with Crippen LogP contribution in [0.3, 0.4) is 0 Å². The Bertz CT molecular complexity index is 1050. The van der Waals surface area contributed by atoms with Crippen LogP contribution < -0.4 is 0 Å². The average molecular weight is 353 g/mol. The molecule has 4 rings (SSSR count). The molecule has 0 atom stereocenters. The number of ether oxygens (including phenoxy) is 1. The van der Waals surface area contributed by atoms with Crippen molar-refractivity contribution in [3.63, 3.8) is 0 Å². The lowest BCUT2D eigenvalue weighted by Crippen LogP contribution is -2.05. The normalized spacial score (nSPS) is 11.1. The molecule has 4 aromatic rings. The van der Waals surface area contributed by atoms with E-state index < -0.39 is 5.97 Å². The number of thiophene rings is 1. The zero-order valence-corrected chi connectivity index (χ0v) is 14.5. The first-order valence-electron chi connectivity index (χ1n) is 7.74. The minimum absolute atomic E-state index is 0.0649. The van der Waals surface area contributed by atoms with Crippen molar-refractivity contribution in [3.8, 4) is 10.7 Å². The van der Waals surface area contributed by atoms with E-state index in [1.54, 1.807) is 6.07 Å². The smallest absolute Gasteiger partial charge is 0.355 e. The number of H-pyrrole nitrogens is 1. The Labute approximate surface area is 147 Å². The van der Waals surface area contributed by atoms with Gasteiger partial charge in [-0.1, -0.05) is 17.3 Å². The van der Waals surface area contributed by atoms with Gasteiger partial charge in [-0.3, -0.25) is 0 Å². The SMILES string of the molecule is Cc1cc(C)c2cc(C(=O)OCc3nc(-c4cccs4)no3)[nH]c2c1. The fraction of sp³-hybridized carbons (Fsp3) is 0.167. The third-order valence-electron chi connectivity index (χ3n) is 3.85. The molecule has 0 fully saturated rings. The molecule has 0 unspecified atom stereocenters. The van der Waals surface area contributed by atoms with Crippen LogP contribution in [0.5, 0.6) is 0 Å². The van der Waals surface area contributed by atoms with Gasteiger partial charge in [0, 0.05) is 10.9 Å². The van der Waals surface area contributed by atoms with E-state index in [0.717, 1.165) is 26.9 Å². The molecule has 3 heterocycles. The quantitative estimate of drug-likeness (QED) is 0.555. The molecule has 0 aliphatic rings. The molecule has 7 heteroatoms. The van der Waals surface area contributed by atoms with Gasteiger partial charge in [0.05, 0.1) is 4.88 Å². The Morgan fingerprint density at radius 1 is 1.32 bits per heavy atom. The molecule has 0 radical (unpaired) electrons. The van der Waals surface area contributed by atoms with Crippen molar-refractivity contribution < 1.29 is 14.1 Å². The fourth-order valence-corrected chi connectivity index (χ4v) is 3.38. The molecule has 3 aromatic heterocycles. The highest BCUT2D eigenvalue weighted by Gasteiger charge is 2.15. The number of hydrogen-bond donors (Lipinski definition) is 1. The summed E-state index contributed by atoms with van der Waals surface area (Å²) in [7, 11) is 0. The van der Waals surface area contributed by atoms with Gasteiger partial charge in [-0.15, -0.1) is 11.3 Å². The Morgan fingerprint density at radius 2 is 2.20 bits per heavy atom. The van der Waals surface area contributed by atoms with Gasteiger partial charge < -0.3 is 14.2 Å². The van der Waals surface area contributed by atoms with Gasteiger partial charge in [0.25, 0.3) is 5.89 Å². The molecule has 0 saturated carbocycles. The van der Waals surface area contributed by atoms with Crippen LogP contribution in [0, 0.1) is 13.8 Å². The molecule has 0 amide bonds. The average Bonchev–Trinajstić information content (AvgIpc) is 3.31. The molecule has 1 N–H and O–H groups in total. The van der Waals surface area contributed by atoms with Gasteiger partial charge >= 0.3 is 5.97 Å². The summed E-state index contributed by atoms with van der Waals surface area (Å²) in [5.41, 5.74) is 3.57. The van der Waals surface area contributed by atoms with E-state index in [2.05, 4.69) is 21.2 Å². The molecular formula is C18H15N3O3S. The van der Waals surface area contributed by atoms with Crippen LogP contribution in [0.4, 0.5) is 0 Å². The number of aromatic amines is 1. The summed E-state index contributed by atoms with van der Waals surface area (Å²) in [5.74, 6) is 0.307. The number of rotatable bonds is 4. The molecule has 0 saturated heterocycles. The standard InChI is InChI=1S/C18H15N3O3S/c1-10-6-11(2)12-8-14(19-13(12)7-10)18(22)23-9-16-20-17(21-24-16)15-4-3-5-25-15/h3-8,19H,9H2,1-2H3. The van der Waals surface area contributed by atoms with E-state index >= 15 is 0 Å². The number of benzene rings is 1. The Kier molecular flexibility index (Phi) is 3.85. The van der Waals surface area contributed by atoms with Crippen molar-refractivity contribution >= 4 is 28.2 Å². The highest BCUT2D eigenvalue weighted by atomic mass is 32.1. The maximum atomic E-state index is 12.3. The van der Waals surface area contributed by atoms with Gasteiger partial charge in [-0.25, -0.2) is 4.79 Å². The number of esters is 1. The van der Waals surface area contributed by atoms with Crippen molar-refractivity contribution in [3.05, 3.63) is 58.4 Å². The summed E-state index contributed by atoms with van der Waals surface area (Å²) in [5, 5.41) is 6.84. The predicted molar refractivity (Wildman–Crippen MR) is 94.5 cm³/mol. The van der Waals surface area contributed by atoms with Crippen molar-refractivity contribution in [1.82, 2.24) is 15.1 Å². The first kappa shape index (κ1) is 15.6. The lowest BCUT2D eigenvalue weighted by molar-refractivity contribution is 0.0424. The number of nitrogens with zero attached hydrogens (tertiary/aromatic N) is 2. The third-order valence-corrected chi connectivity index (χ3v) is 4.71. The first-order chi connectivity index (χ1) is 12.1. The summed E-state index contributed by atoms with van der Waals surface area (Å²) in [6.45, 7) is 3.97. The Balaban J connectivity index is 1.48. The molecule has 0 spiro atoms. The minimum atomic E-state index is -0.455. The van der Waals surface area contributed by atoms with Gasteiger partial charge in [0.2, 0.25) is 5.82 Å². The molecule has 0 bridgehead atoms. The lowest BCUT2D eigenvalue weighted by atomic mass is 10.1. The number of carbonyl (C=O) groups is 1. The van der Waals surface area contributed by atoms with E-state index in [1.807, 2.05) is 37.4 Å². The molecule has 25 heavy (non-hydrogen) atoms. The summed E-state index contributed by atoms with van der Waals surface area (Å²) < 4.78 is 10.4. The highest BCUT2D eigenvalue weighted by Crippen LogP contribution is 2.23. The van der Waals surface area contributed by atoms with Crippen molar-refractivity contribution in [2.75, 3.05) is 0 Å². The molecular weight excluding hydrogens is 338 g/mol.